The van der Waals surface area contributed by atoms with E-state index in [9.17, 15) is 0 Å². The molecule has 1 fully saturated rings. The molecule has 2 atom stereocenters. The van der Waals surface area contributed by atoms with Gasteiger partial charge in [-0.15, -0.1) is 0 Å². The first-order valence-corrected chi connectivity index (χ1v) is 9.35. The lowest BCUT2D eigenvalue weighted by molar-refractivity contribution is -0.00569. The van der Waals surface area contributed by atoms with Gasteiger partial charge < -0.3 is 15.0 Å². The van der Waals surface area contributed by atoms with Gasteiger partial charge in [-0.3, -0.25) is 4.68 Å². The number of fused-ring (bicyclic) bond motifs is 1. The van der Waals surface area contributed by atoms with Crippen LogP contribution in [0.25, 0.3) is 11.0 Å². The SMILES string of the molecule is Cc1ccc(C)c(Nc2nc(N3C[C@H](C)O[C@@H](C)C3)nc3c2cnn3C)c1. The second-order valence-electron chi connectivity index (χ2n) is 7.48. The minimum absolute atomic E-state index is 0.148. The molecule has 0 unspecified atom stereocenters. The van der Waals surface area contributed by atoms with E-state index in [1.807, 2.05) is 13.2 Å². The quantitative estimate of drug-likeness (QED) is 0.767. The lowest BCUT2D eigenvalue weighted by Gasteiger charge is -2.35. The molecule has 142 valence electrons. The lowest BCUT2D eigenvalue weighted by Crippen LogP contribution is -2.46. The number of hydrogen-bond acceptors (Lipinski definition) is 6. The Morgan fingerprint density at radius 2 is 1.85 bits per heavy atom. The van der Waals surface area contributed by atoms with Crippen molar-refractivity contribution in [3.63, 3.8) is 0 Å². The molecule has 4 rings (SSSR count). The molecule has 27 heavy (non-hydrogen) atoms. The molecule has 0 radical (unpaired) electrons. The first-order chi connectivity index (χ1) is 12.9. The van der Waals surface area contributed by atoms with Crippen LogP contribution in [0.4, 0.5) is 17.5 Å². The van der Waals surface area contributed by atoms with E-state index in [0.29, 0.717) is 5.95 Å². The number of nitrogens with one attached hydrogen (secondary N) is 1. The normalized spacial score (nSPS) is 20.3. The molecular formula is C20H26N6O. The van der Waals surface area contributed by atoms with Gasteiger partial charge in [0.2, 0.25) is 5.95 Å². The molecule has 2 aromatic heterocycles. The Morgan fingerprint density at radius 3 is 2.59 bits per heavy atom. The summed E-state index contributed by atoms with van der Waals surface area (Å²) in [6, 6.07) is 6.37. The molecule has 1 aliphatic rings. The van der Waals surface area contributed by atoms with E-state index in [2.05, 4.69) is 61.2 Å². The monoisotopic (exact) mass is 366 g/mol. The largest absolute Gasteiger partial charge is 0.372 e. The zero-order valence-electron chi connectivity index (χ0n) is 16.5. The molecule has 3 aromatic rings. The van der Waals surface area contributed by atoms with Crippen LogP contribution in [-0.4, -0.2) is 45.0 Å². The second kappa shape index (κ2) is 6.81. The van der Waals surface area contributed by atoms with Crippen molar-refractivity contribution in [2.45, 2.75) is 39.9 Å². The standard InChI is InChI=1S/C20H26N6O/c1-12-6-7-13(2)17(8-12)22-18-16-9-21-25(5)19(16)24-20(23-18)26-10-14(3)27-15(4)11-26/h6-9,14-15H,10-11H2,1-5H3,(H,22,23,24)/t14-,15-/m0/s1. The molecular weight excluding hydrogens is 340 g/mol. The molecule has 1 aliphatic heterocycles. The molecule has 7 heteroatoms. The van der Waals surface area contributed by atoms with Crippen molar-refractivity contribution in [2.24, 2.45) is 7.05 Å². The molecule has 0 spiro atoms. The van der Waals surface area contributed by atoms with Crippen LogP contribution in [-0.2, 0) is 11.8 Å². The van der Waals surface area contributed by atoms with E-state index in [0.717, 1.165) is 35.6 Å². The number of aromatic nitrogens is 4. The van der Waals surface area contributed by atoms with Crippen LogP contribution in [0.15, 0.2) is 24.4 Å². The molecule has 1 N–H and O–H groups in total. The highest BCUT2D eigenvalue weighted by atomic mass is 16.5. The molecule has 7 nitrogen and oxygen atoms in total. The second-order valence-corrected chi connectivity index (χ2v) is 7.48. The van der Waals surface area contributed by atoms with Crippen LogP contribution in [0, 0.1) is 13.8 Å². The number of morpholine rings is 1. The predicted molar refractivity (Wildman–Crippen MR) is 108 cm³/mol. The Hall–Kier alpha value is -2.67. The lowest BCUT2D eigenvalue weighted by atomic mass is 10.1. The van der Waals surface area contributed by atoms with Crippen LogP contribution in [0.5, 0.6) is 0 Å². The fourth-order valence-electron chi connectivity index (χ4n) is 3.59. The van der Waals surface area contributed by atoms with Crippen molar-refractivity contribution in [1.29, 1.82) is 0 Å². The molecule has 1 saturated heterocycles. The highest BCUT2D eigenvalue weighted by Crippen LogP contribution is 2.29. The third kappa shape index (κ3) is 3.47. The van der Waals surface area contributed by atoms with Gasteiger partial charge in [0, 0.05) is 25.8 Å². The summed E-state index contributed by atoms with van der Waals surface area (Å²) in [6.45, 7) is 9.90. The summed E-state index contributed by atoms with van der Waals surface area (Å²) >= 11 is 0. The smallest absolute Gasteiger partial charge is 0.229 e. The number of nitrogens with zero attached hydrogens (tertiary/aromatic N) is 5. The van der Waals surface area contributed by atoms with Gasteiger partial charge in [0.15, 0.2) is 5.65 Å². The highest BCUT2D eigenvalue weighted by molar-refractivity contribution is 5.89. The molecule has 1 aromatic carbocycles. The van der Waals surface area contributed by atoms with E-state index in [-0.39, 0.29) is 12.2 Å². The minimum Gasteiger partial charge on any atom is -0.372 e. The first-order valence-electron chi connectivity index (χ1n) is 9.35. The van der Waals surface area contributed by atoms with Gasteiger partial charge in [0.25, 0.3) is 0 Å². The maximum absolute atomic E-state index is 5.86. The summed E-state index contributed by atoms with van der Waals surface area (Å²) in [5, 5.41) is 8.81. The third-order valence-corrected chi connectivity index (χ3v) is 4.93. The van der Waals surface area contributed by atoms with Gasteiger partial charge in [0.1, 0.15) is 5.82 Å². The molecule has 0 aliphatic carbocycles. The van der Waals surface area contributed by atoms with Crippen molar-refractivity contribution in [2.75, 3.05) is 23.3 Å². The van der Waals surface area contributed by atoms with E-state index < -0.39 is 0 Å². The number of benzene rings is 1. The first kappa shape index (κ1) is 17.7. The van der Waals surface area contributed by atoms with E-state index in [1.165, 1.54) is 11.1 Å². The fourth-order valence-corrected chi connectivity index (χ4v) is 3.59. The summed E-state index contributed by atoms with van der Waals surface area (Å²) in [4.78, 5) is 11.9. The minimum atomic E-state index is 0.148. The molecule has 0 saturated carbocycles. The predicted octanol–water partition coefficient (Wildman–Crippen LogP) is 3.34. The van der Waals surface area contributed by atoms with Crippen molar-refractivity contribution < 1.29 is 4.74 Å². The number of hydrogen-bond donors (Lipinski definition) is 1. The Labute approximate surface area is 159 Å². The van der Waals surface area contributed by atoms with Crippen molar-refractivity contribution >= 4 is 28.5 Å². The van der Waals surface area contributed by atoms with Crippen molar-refractivity contribution in [3.05, 3.63) is 35.5 Å². The van der Waals surface area contributed by atoms with Gasteiger partial charge in [0.05, 0.1) is 23.8 Å². The summed E-state index contributed by atoms with van der Waals surface area (Å²) < 4.78 is 7.65. The zero-order chi connectivity index (χ0) is 19.1. The van der Waals surface area contributed by atoms with Gasteiger partial charge >= 0.3 is 0 Å². The maximum atomic E-state index is 5.86. The summed E-state index contributed by atoms with van der Waals surface area (Å²) in [6.07, 6.45) is 2.11. The van der Waals surface area contributed by atoms with Crippen LogP contribution in [0.2, 0.25) is 0 Å². The Morgan fingerprint density at radius 1 is 1.11 bits per heavy atom. The Kier molecular flexibility index (Phi) is 4.47. The summed E-state index contributed by atoms with van der Waals surface area (Å²) in [7, 11) is 1.91. The van der Waals surface area contributed by atoms with Gasteiger partial charge in [-0.2, -0.15) is 15.1 Å². The van der Waals surface area contributed by atoms with Crippen molar-refractivity contribution in [3.8, 4) is 0 Å². The Balaban J connectivity index is 1.78. The van der Waals surface area contributed by atoms with Crippen LogP contribution in [0.1, 0.15) is 25.0 Å². The molecule has 3 heterocycles. The number of ether oxygens (including phenoxy) is 1. The third-order valence-electron chi connectivity index (χ3n) is 4.93. The van der Waals surface area contributed by atoms with E-state index in [1.54, 1.807) is 4.68 Å². The average molecular weight is 366 g/mol. The maximum Gasteiger partial charge on any atom is 0.229 e. The Bertz CT molecular complexity index is 972. The van der Waals surface area contributed by atoms with Crippen molar-refractivity contribution in [1.82, 2.24) is 19.7 Å². The molecule has 0 amide bonds. The molecule has 0 bridgehead atoms. The summed E-state index contributed by atoms with van der Waals surface area (Å²) in [5.74, 6) is 1.49. The fraction of sp³-hybridized carbons (Fsp3) is 0.450. The number of anilines is 3. The average Bonchev–Trinajstić information content (AvgIpc) is 2.99. The van der Waals surface area contributed by atoms with Crippen LogP contribution < -0.4 is 10.2 Å². The van der Waals surface area contributed by atoms with Gasteiger partial charge in [-0.25, -0.2) is 0 Å². The number of aryl methyl sites for hydroxylation is 3. The van der Waals surface area contributed by atoms with E-state index in [4.69, 9.17) is 14.7 Å². The zero-order valence-corrected chi connectivity index (χ0v) is 16.5. The highest BCUT2D eigenvalue weighted by Gasteiger charge is 2.25. The van der Waals surface area contributed by atoms with Gasteiger partial charge in [-0.05, 0) is 44.9 Å². The topological polar surface area (TPSA) is 68.1 Å². The van der Waals surface area contributed by atoms with Crippen LogP contribution >= 0.6 is 0 Å². The van der Waals surface area contributed by atoms with E-state index >= 15 is 0 Å². The number of rotatable bonds is 3. The van der Waals surface area contributed by atoms with Crippen LogP contribution in [0.3, 0.4) is 0 Å². The summed E-state index contributed by atoms with van der Waals surface area (Å²) in [5.41, 5.74) is 4.25. The van der Waals surface area contributed by atoms with Gasteiger partial charge in [-0.1, -0.05) is 12.1 Å².